The van der Waals surface area contributed by atoms with Crippen molar-refractivity contribution in [3.8, 4) is 0 Å². The smallest absolute Gasteiger partial charge is 0.416 e. The first-order valence-electron chi connectivity index (χ1n) is 12.4. The zero-order chi connectivity index (χ0) is 25.6. The average molecular weight is 488 g/mol. The average Bonchev–Trinajstić information content (AvgIpc) is 2.80. The third-order valence-electron chi connectivity index (χ3n) is 7.00. The lowest BCUT2D eigenvalue weighted by molar-refractivity contribution is -0.139. The molecule has 2 aromatic carbocycles. The number of allylic oxidation sites excluding steroid dienone is 1. The van der Waals surface area contributed by atoms with Gasteiger partial charge >= 0.3 is 12.1 Å². The van der Waals surface area contributed by atoms with E-state index in [1.165, 1.54) is 12.1 Å². The Balaban J connectivity index is 1.96. The Labute approximate surface area is 206 Å². The van der Waals surface area contributed by atoms with Crippen LogP contribution >= 0.6 is 0 Å². The van der Waals surface area contributed by atoms with Crippen molar-refractivity contribution < 1.29 is 23.1 Å². The summed E-state index contributed by atoms with van der Waals surface area (Å²) in [6.07, 6.45) is 1.66. The summed E-state index contributed by atoms with van der Waals surface area (Å²) in [5, 5.41) is 9.39. The van der Waals surface area contributed by atoms with E-state index in [1.54, 1.807) is 12.1 Å². The van der Waals surface area contributed by atoms with Crippen LogP contribution in [0.2, 0.25) is 0 Å². The van der Waals surface area contributed by atoms with Crippen LogP contribution in [0, 0.1) is 11.8 Å². The van der Waals surface area contributed by atoms with Crippen LogP contribution in [0.3, 0.4) is 0 Å². The van der Waals surface area contributed by atoms with Crippen molar-refractivity contribution in [2.45, 2.75) is 70.6 Å². The minimum absolute atomic E-state index is 0.00494. The number of nitrogens with zero attached hydrogens (tertiary/aromatic N) is 1. The lowest BCUT2D eigenvalue weighted by Gasteiger charge is -2.44. The van der Waals surface area contributed by atoms with Crippen molar-refractivity contribution in [2.75, 3.05) is 6.54 Å². The summed E-state index contributed by atoms with van der Waals surface area (Å²) in [5.41, 5.74) is 2.52. The van der Waals surface area contributed by atoms with Crippen LogP contribution in [-0.2, 0) is 17.4 Å². The van der Waals surface area contributed by atoms with Crippen LogP contribution in [0.1, 0.15) is 80.3 Å². The second-order valence-electron chi connectivity index (χ2n) is 10.1. The molecule has 1 saturated heterocycles. The lowest BCUT2D eigenvalue weighted by Crippen LogP contribution is -2.40. The van der Waals surface area contributed by atoms with E-state index in [4.69, 9.17) is 0 Å². The molecule has 3 rings (SSSR count). The number of benzene rings is 2. The molecule has 3 atom stereocenters. The molecule has 0 saturated carbocycles. The van der Waals surface area contributed by atoms with E-state index < -0.39 is 17.7 Å². The van der Waals surface area contributed by atoms with Gasteiger partial charge in [-0.2, -0.15) is 13.2 Å². The van der Waals surface area contributed by atoms with Gasteiger partial charge in [0.15, 0.2) is 0 Å². The number of halogens is 3. The molecular formula is C29H36F3NO2. The Morgan fingerprint density at radius 3 is 2.31 bits per heavy atom. The van der Waals surface area contributed by atoms with E-state index in [0.717, 1.165) is 42.4 Å². The van der Waals surface area contributed by atoms with Crippen molar-refractivity contribution >= 4 is 5.97 Å². The first kappa shape index (κ1) is 27.0. The number of likely N-dealkylation sites (tertiary alicyclic amines) is 1. The molecule has 1 fully saturated rings. The molecule has 0 aliphatic carbocycles. The number of carboxylic acid groups (broad SMARTS) is 1. The second-order valence-corrected chi connectivity index (χ2v) is 10.1. The number of hydrogen-bond donors (Lipinski definition) is 1. The first-order valence-corrected chi connectivity index (χ1v) is 12.4. The maximum Gasteiger partial charge on any atom is 0.416 e. The van der Waals surface area contributed by atoms with E-state index in [2.05, 4.69) is 49.6 Å². The third kappa shape index (κ3) is 7.44. The van der Waals surface area contributed by atoms with Crippen LogP contribution in [0.25, 0.3) is 0 Å². The third-order valence-corrected chi connectivity index (χ3v) is 7.00. The fraction of sp³-hybridized carbons (Fsp3) is 0.483. The van der Waals surface area contributed by atoms with Gasteiger partial charge in [-0.3, -0.25) is 9.69 Å². The van der Waals surface area contributed by atoms with Gasteiger partial charge in [0.2, 0.25) is 0 Å². The van der Waals surface area contributed by atoms with Crippen molar-refractivity contribution in [2.24, 2.45) is 11.8 Å². The Kier molecular flexibility index (Phi) is 9.17. The molecule has 0 unspecified atom stereocenters. The summed E-state index contributed by atoms with van der Waals surface area (Å²) in [6, 6.07) is 13.9. The summed E-state index contributed by atoms with van der Waals surface area (Å²) in [4.78, 5) is 13.8. The zero-order valence-electron chi connectivity index (χ0n) is 20.6. The topological polar surface area (TPSA) is 40.5 Å². The Bertz CT molecular complexity index is 967. The van der Waals surface area contributed by atoms with Gasteiger partial charge in [-0.1, -0.05) is 56.3 Å². The van der Waals surface area contributed by atoms with Crippen LogP contribution < -0.4 is 0 Å². The molecule has 2 aromatic rings. The SMILES string of the molecule is C=CCc1ccc([C@@H]2C[C@@H](CC(=O)O)CCN2[C@H](CCC(C)C)c2ccc(C(F)(F)F)cc2)cc1. The predicted molar refractivity (Wildman–Crippen MR) is 133 cm³/mol. The normalized spacial score (nSPS) is 20.1. The summed E-state index contributed by atoms with van der Waals surface area (Å²) in [6.45, 7) is 8.81. The van der Waals surface area contributed by atoms with Gasteiger partial charge < -0.3 is 5.11 Å². The fourth-order valence-corrected chi connectivity index (χ4v) is 5.14. The summed E-state index contributed by atoms with van der Waals surface area (Å²) >= 11 is 0. The molecule has 1 aliphatic heterocycles. The van der Waals surface area contributed by atoms with Crippen LogP contribution in [0.15, 0.2) is 61.2 Å². The monoisotopic (exact) mass is 487 g/mol. The quantitative estimate of drug-likeness (QED) is 0.347. The largest absolute Gasteiger partial charge is 0.481 e. The van der Waals surface area contributed by atoms with Gasteiger partial charge in [-0.25, -0.2) is 0 Å². The number of aliphatic carboxylic acids is 1. The molecule has 0 bridgehead atoms. The minimum atomic E-state index is -4.36. The molecule has 0 spiro atoms. The molecule has 6 heteroatoms. The number of carboxylic acids is 1. The summed E-state index contributed by atoms with van der Waals surface area (Å²) in [5.74, 6) is -0.254. The molecule has 1 heterocycles. The van der Waals surface area contributed by atoms with Crippen LogP contribution in [0.4, 0.5) is 13.2 Å². The molecule has 0 radical (unpaired) electrons. The van der Waals surface area contributed by atoms with Crippen LogP contribution in [-0.4, -0.2) is 22.5 Å². The molecule has 1 aliphatic rings. The van der Waals surface area contributed by atoms with E-state index in [1.807, 2.05) is 6.08 Å². The molecule has 0 amide bonds. The van der Waals surface area contributed by atoms with E-state index >= 15 is 0 Å². The molecule has 1 N–H and O–H groups in total. The van der Waals surface area contributed by atoms with Crippen molar-refractivity contribution in [1.29, 1.82) is 0 Å². The Morgan fingerprint density at radius 2 is 1.77 bits per heavy atom. The first-order chi connectivity index (χ1) is 16.6. The van der Waals surface area contributed by atoms with Gasteiger partial charge in [-0.15, -0.1) is 6.58 Å². The number of rotatable bonds is 10. The van der Waals surface area contributed by atoms with Crippen molar-refractivity contribution in [3.63, 3.8) is 0 Å². The highest BCUT2D eigenvalue weighted by Crippen LogP contribution is 2.43. The van der Waals surface area contributed by atoms with Gasteiger partial charge in [0, 0.05) is 18.5 Å². The molecule has 35 heavy (non-hydrogen) atoms. The highest BCUT2D eigenvalue weighted by Gasteiger charge is 2.36. The fourth-order valence-electron chi connectivity index (χ4n) is 5.14. The molecule has 3 nitrogen and oxygen atoms in total. The number of alkyl halides is 3. The van der Waals surface area contributed by atoms with Crippen molar-refractivity contribution in [3.05, 3.63) is 83.4 Å². The summed E-state index contributed by atoms with van der Waals surface area (Å²) < 4.78 is 39.5. The summed E-state index contributed by atoms with van der Waals surface area (Å²) in [7, 11) is 0. The van der Waals surface area contributed by atoms with Gasteiger partial charge in [0.1, 0.15) is 0 Å². The van der Waals surface area contributed by atoms with E-state index in [0.29, 0.717) is 18.9 Å². The van der Waals surface area contributed by atoms with Crippen LogP contribution in [0.5, 0.6) is 0 Å². The maximum absolute atomic E-state index is 13.2. The standard InChI is InChI=1S/C29H36F3NO2/c1-4-5-21-7-9-24(10-8-21)27-18-22(19-28(34)35)16-17-33(27)26(15-6-20(2)3)23-11-13-25(14-12-23)29(30,31)32/h4,7-14,20,22,26-27H,1,5-6,15-19H2,2-3H3,(H,34,35)/t22-,26+,27-/m0/s1. The molecule has 0 aromatic heterocycles. The highest BCUT2D eigenvalue weighted by atomic mass is 19.4. The highest BCUT2D eigenvalue weighted by molar-refractivity contribution is 5.67. The second kappa shape index (κ2) is 11.9. The van der Waals surface area contributed by atoms with Gasteiger partial charge in [0.25, 0.3) is 0 Å². The van der Waals surface area contributed by atoms with Gasteiger partial charge in [-0.05, 0) is 79.3 Å². The molecule has 190 valence electrons. The predicted octanol–water partition coefficient (Wildman–Crippen LogP) is 7.84. The molecular weight excluding hydrogens is 451 g/mol. The number of carbonyl (C=O) groups is 1. The lowest BCUT2D eigenvalue weighted by atomic mass is 9.82. The van der Waals surface area contributed by atoms with Crippen molar-refractivity contribution in [1.82, 2.24) is 4.90 Å². The van der Waals surface area contributed by atoms with Gasteiger partial charge in [0.05, 0.1) is 5.56 Å². The minimum Gasteiger partial charge on any atom is -0.481 e. The maximum atomic E-state index is 13.2. The Morgan fingerprint density at radius 1 is 1.11 bits per heavy atom. The zero-order valence-corrected chi connectivity index (χ0v) is 20.6. The number of hydrogen-bond acceptors (Lipinski definition) is 2. The Hall–Kier alpha value is -2.60. The van der Waals surface area contributed by atoms with E-state index in [-0.39, 0.29) is 24.4 Å². The van der Waals surface area contributed by atoms with E-state index in [9.17, 15) is 23.1 Å². The number of piperidine rings is 1.